The molecule has 0 unspecified atom stereocenters. The number of nitrogens with zero attached hydrogens (tertiary/aromatic N) is 1. The van der Waals surface area contributed by atoms with Crippen molar-refractivity contribution in [1.82, 2.24) is 4.90 Å². The lowest BCUT2D eigenvalue weighted by molar-refractivity contribution is 0.214. The second-order valence-corrected chi connectivity index (χ2v) is 3.91. The number of anilines is 1. The summed E-state index contributed by atoms with van der Waals surface area (Å²) in [5, 5.41) is 2.88. The number of benzene rings is 1. The van der Waals surface area contributed by atoms with Crippen LogP contribution in [0, 0.1) is 0 Å². The molecule has 0 atom stereocenters. The largest absolute Gasteiger partial charge is 0.326 e. The zero-order chi connectivity index (χ0) is 12.7. The topological polar surface area (TPSA) is 58.4 Å². The number of nitrogens with two attached hydrogens (primary N) is 1. The molecular weight excluding hydrogens is 214 g/mol. The third-order valence-electron chi connectivity index (χ3n) is 2.58. The van der Waals surface area contributed by atoms with E-state index in [2.05, 4.69) is 12.2 Å². The predicted molar refractivity (Wildman–Crippen MR) is 70.9 cm³/mol. The van der Waals surface area contributed by atoms with Crippen molar-refractivity contribution < 1.29 is 4.79 Å². The van der Waals surface area contributed by atoms with Crippen LogP contribution in [0.1, 0.15) is 25.8 Å². The molecule has 0 saturated carbocycles. The molecule has 17 heavy (non-hydrogen) atoms. The second kappa shape index (κ2) is 6.91. The molecule has 0 aromatic heterocycles. The second-order valence-electron chi connectivity index (χ2n) is 3.91. The van der Waals surface area contributed by atoms with Gasteiger partial charge in [0.25, 0.3) is 0 Å². The van der Waals surface area contributed by atoms with Gasteiger partial charge in [0.2, 0.25) is 0 Å². The number of urea groups is 1. The Hall–Kier alpha value is -1.55. The first-order valence-electron chi connectivity index (χ1n) is 6.06. The maximum atomic E-state index is 11.9. The summed E-state index contributed by atoms with van der Waals surface area (Å²) in [5.74, 6) is 0. The van der Waals surface area contributed by atoms with Crippen molar-refractivity contribution >= 4 is 11.7 Å². The Labute approximate surface area is 103 Å². The molecule has 0 saturated heterocycles. The Bertz CT molecular complexity index is 365. The fraction of sp³-hybridized carbons (Fsp3) is 0.462. The van der Waals surface area contributed by atoms with Gasteiger partial charge in [-0.1, -0.05) is 19.1 Å². The number of amides is 2. The molecule has 1 aromatic carbocycles. The van der Waals surface area contributed by atoms with Crippen molar-refractivity contribution in [3.05, 3.63) is 29.8 Å². The monoisotopic (exact) mass is 235 g/mol. The number of hydrogen-bond acceptors (Lipinski definition) is 2. The summed E-state index contributed by atoms with van der Waals surface area (Å²) in [6, 6.07) is 7.56. The Kier molecular flexibility index (Phi) is 5.49. The smallest absolute Gasteiger partial charge is 0.321 e. The first-order chi connectivity index (χ1) is 8.21. The van der Waals surface area contributed by atoms with E-state index >= 15 is 0 Å². The first kappa shape index (κ1) is 13.5. The number of carbonyl (C=O) groups excluding carboxylic acids is 1. The van der Waals surface area contributed by atoms with Crippen LogP contribution in [0.5, 0.6) is 0 Å². The van der Waals surface area contributed by atoms with Crippen LogP contribution in [0.25, 0.3) is 0 Å². The van der Waals surface area contributed by atoms with E-state index in [4.69, 9.17) is 5.73 Å². The predicted octanol–water partition coefficient (Wildman–Crippen LogP) is 2.41. The van der Waals surface area contributed by atoms with E-state index in [1.54, 1.807) is 4.90 Å². The van der Waals surface area contributed by atoms with Gasteiger partial charge >= 0.3 is 6.03 Å². The molecule has 3 N–H and O–H groups in total. The quantitative estimate of drug-likeness (QED) is 0.823. The van der Waals surface area contributed by atoms with Crippen molar-refractivity contribution in [3.63, 3.8) is 0 Å². The van der Waals surface area contributed by atoms with E-state index in [-0.39, 0.29) is 6.03 Å². The van der Waals surface area contributed by atoms with Gasteiger partial charge in [-0.2, -0.15) is 0 Å². The van der Waals surface area contributed by atoms with Crippen LogP contribution >= 0.6 is 0 Å². The van der Waals surface area contributed by atoms with Crippen LogP contribution in [-0.4, -0.2) is 24.0 Å². The molecule has 0 aliphatic heterocycles. The molecule has 0 radical (unpaired) electrons. The summed E-state index contributed by atoms with van der Waals surface area (Å²) >= 11 is 0. The molecule has 4 heteroatoms. The summed E-state index contributed by atoms with van der Waals surface area (Å²) in [4.78, 5) is 13.7. The number of rotatable bonds is 5. The first-order valence-corrected chi connectivity index (χ1v) is 6.06. The van der Waals surface area contributed by atoms with E-state index in [0.29, 0.717) is 6.54 Å². The average molecular weight is 235 g/mol. The Morgan fingerprint density at radius 2 is 2.18 bits per heavy atom. The van der Waals surface area contributed by atoms with E-state index < -0.39 is 0 Å². The lowest BCUT2D eigenvalue weighted by Crippen LogP contribution is -2.35. The van der Waals surface area contributed by atoms with Gasteiger partial charge in [0.15, 0.2) is 0 Å². The summed E-state index contributed by atoms with van der Waals surface area (Å²) < 4.78 is 0. The SMILES string of the molecule is CCCN(CC)C(=O)Nc1cccc(CN)c1. The lowest BCUT2D eigenvalue weighted by Gasteiger charge is -2.20. The van der Waals surface area contributed by atoms with E-state index in [0.717, 1.165) is 30.8 Å². The van der Waals surface area contributed by atoms with E-state index in [9.17, 15) is 4.79 Å². The van der Waals surface area contributed by atoms with Gasteiger partial charge < -0.3 is 16.0 Å². The van der Waals surface area contributed by atoms with Crippen LogP contribution in [0.4, 0.5) is 10.5 Å². The van der Waals surface area contributed by atoms with Crippen LogP contribution in [0.15, 0.2) is 24.3 Å². The molecule has 4 nitrogen and oxygen atoms in total. The number of carbonyl (C=O) groups is 1. The maximum absolute atomic E-state index is 11.9. The van der Waals surface area contributed by atoms with Crippen LogP contribution in [-0.2, 0) is 6.54 Å². The summed E-state index contributed by atoms with van der Waals surface area (Å²) in [7, 11) is 0. The minimum atomic E-state index is -0.0523. The highest BCUT2D eigenvalue weighted by Gasteiger charge is 2.10. The lowest BCUT2D eigenvalue weighted by atomic mass is 10.2. The molecule has 0 fully saturated rings. The summed E-state index contributed by atoms with van der Waals surface area (Å²) in [6.45, 7) is 6.02. The van der Waals surface area contributed by atoms with Gasteiger partial charge in [-0.3, -0.25) is 0 Å². The van der Waals surface area contributed by atoms with Crippen molar-refractivity contribution in [2.45, 2.75) is 26.8 Å². The van der Waals surface area contributed by atoms with E-state index in [1.807, 2.05) is 31.2 Å². The molecule has 0 aliphatic carbocycles. The normalized spacial score (nSPS) is 10.1. The molecule has 0 aliphatic rings. The van der Waals surface area contributed by atoms with Crippen LogP contribution in [0.3, 0.4) is 0 Å². The highest BCUT2D eigenvalue weighted by Crippen LogP contribution is 2.11. The van der Waals surface area contributed by atoms with Gasteiger partial charge in [0.1, 0.15) is 0 Å². The molecule has 1 rings (SSSR count). The third-order valence-corrected chi connectivity index (χ3v) is 2.58. The fourth-order valence-corrected chi connectivity index (χ4v) is 1.65. The van der Waals surface area contributed by atoms with Gasteiger partial charge in [-0.25, -0.2) is 4.79 Å². The van der Waals surface area contributed by atoms with Gasteiger partial charge in [-0.05, 0) is 31.0 Å². The summed E-state index contributed by atoms with van der Waals surface area (Å²) in [5.41, 5.74) is 7.37. The molecule has 0 spiro atoms. The molecule has 0 bridgehead atoms. The Balaban J connectivity index is 2.65. The minimum absolute atomic E-state index is 0.0523. The van der Waals surface area contributed by atoms with Crippen molar-refractivity contribution in [3.8, 4) is 0 Å². The molecule has 0 heterocycles. The van der Waals surface area contributed by atoms with E-state index in [1.165, 1.54) is 0 Å². The van der Waals surface area contributed by atoms with Gasteiger partial charge in [0, 0.05) is 25.3 Å². The molecule has 2 amide bonds. The van der Waals surface area contributed by atoms with Gasteiger partial charge in [-0.15, -0.1) is 0 Å². The van der Waals surface area contributed by atoms with Crippen molar-refractivity contribution in [1.29, 1.82) is 0 Å². The van der Waals surface area contributed by atoms with Crippen LogP contribution < -0.4 is 11.1 Å². The minimum Gasteiger partial charge on any atom is -0.326 e. The zero-order valence-electron chi connectivity index (χ0n) is 10.6. The number of hydrogen-bond donors (Lipinski definition) is 2. The van der Waals surface area contributed by atoms with Crippen LogP contribution in [0.2, 0.25) is 0 Å². The molecule has 1 aromatic rings. The van der Waals surface area contributed by atoms with Gasteiger partial charge in [0.05, 0.1) is 0 Å². The zero-order valence-corrected chi connectivity index (χ0v) is 10.6. The highest BCUT2D eigenvalue weighted by molar-refractivity contribution is 5.89. The maximum Gasteiger partial charge on any atom is 0.321 e. The Morgan fingerprint density at radius 1 is 1.41 bits per heavy atom. The standard InChI is InChI=1S/C13H21N3O/c1-3-8-16(4-2)13(17)15-12-7-5-6-11(9-12)10-14/h5-7,9H,3-4,8,10,14H2,1-2H3,(H,15,17). The van der Waals surface area contributed by atoms with Crippen molar-refractivity contribution in [2.24, 2.45) is 5.73 Å². The highest BCUT2D eigenvalue weighted by atomic mass is 16.2. The number of nitrogens with one attached hydrogen (secondary N) is 1. The Morgan fingerprint density at radius 3 is 2.76 bits per heavy atom. The van der Waals surface area contributed by atoms with Crippen molar-refractivity contribution in [2.75, 3.05) is 18.4 Å². The summed E-state index contributed by atoms with van der Waals surface area (Å²) in [6.07, 6.45) is 0.962. The molecule has 94 valence electrons. The molecular formula is C13H21N3O. The average Bonchev–Trinajstić information content (AvgIpc) is 2.36. The fourth-order valence-electron chi connectivity index (χ4n) is 1.65. The third kappa shape index (κ3) is 4.07.